The van der Waals surface area contributed by atoms with Gasteiger partial charge in [-0.3, -0.25) is 0 Å². The van der Waals surface area contributed by atoms with E-state index in [1.54, 1.807) is 0 Å². The van der Waals surface area contributed by atoms with Crippen LogP contribution in [0.25, 0.3) is 0 Å². The minimum atomic E-state index is 0.502. The Labute approximate surface area is 135 Å². The van der Waals surface area contributed by atoms with Gasteiger partial charge in [0.25, 0.3) is 0 Å². The van der Waals surface area contributed by atoms with Gasteiger partial charge in [-0.1, -0.05) is 80.6 Å². The Kier molecular flexibility index (Phi) is 7.28. The predicted octanol–water partition coefficient (Wildman–Crippen LogP) is 7.47. The van der Waals surface area contributed by atoms with E-state index in [-0.39, 0.29) is 0 Å². The molecule has 0 bridgehead atoms. The Morgan fingerprint density at radius 3 is 2.24 bits per heavy atom. The molecule has 0 radical (unpaired) electrons. The van der Waals surface area contributed by atoms with Gasteiger partial charge in [0.2, 0.25) is 0 Å². The highest BCUT2D eigenvalue weighted by Crippen LogP contribution is 2.62. The van der Waals surface area contributed by atoms with E-state index in [0.29, 0.717) is 10.8 Å². The van der Waals surface area contributed by atoms with Crippen molar-refractivity contribution in [2.45, 2.75) is 106 Å². The third kappa shape index (κ3) is 4.05. The molecular weight excluding hydrogens is 252 g/mol. The lowest BCUT2D eigenvalue weighted by Crippen LogP contribution is -2.42. The standard InChI is InChI=1S/C21H42/c1-8-12-13-21(20(6,7)15-17(5)9-2)16-18(10-3)14-19(21)11-4/h17-19H,8-16H2,1-7H3. The fraction of sp³-hybridized carbons (Fsp3) is 1.00. The summed E-state index contributed by atoms with van der Waals surface area (Å²) < 4.78 is 0. The van der Waals surface area contributed by atoms with Crippen molar-refractivity contribution in [1.82, 2.24) is 0 Å². The van der Waals surface area contributed by atoms with E-state index in [1.807, 2.05) is 0 Å². The predicted molar refractivity (Wildman–Crippen MR) is 96.6 cm³/mol. The molecule has 0 nitrogen and oxygen atoms in total. The average Bonchev–Trinajstić information content (AvgIpc) is 2.84. The molecule has 0 amide bonds. The molecular formula is C21H42. The quantitative estimate of drug-likeness (QED) is 0.413. The third-order valence-corrected chi connectivity index (χ3v) is 7.00. The van der Waals surface area contributed by atoms with E-state index < -0.39 is 0 Å². The van der Waals surface area contributed by atoms with Gasteiger partial charge in [0.15, 0.2) is 0 Å². The molecule has 1 fully saturated rings. The smallest absolute Gasteiger partial charge is 0.0215 e. The molecule has 126 valence electrons. The summed E-state index contributed by atoms with van der Waals surface area (Å²) in [4.78, 5) is 0. The first-order valence-corrected chi connectivity index (χ1v) is 9.86. The van der Waals surface area contributed by atoms with Crippen LogP contribution in [0, 0.1) is 28.6 Å². The van der Waals surface area contributed by atoms with Gasteiger partial charge in [-0.25, -0.2) is 0 Å². The van der Waals surface area contributed by atoms with Crippen molar-refractivity contribution < 1.29 is 0 Å². The summed E-state index contributed by atoms with van der Waals surface area (Å²) in [5.41, 5.74) is 1.12. The first kappa shape index (κ1) is 19.0. The first-order chi connectivity index (χ1) is 9.86. The molecule has 0 aromatic rings. The maximum absolute atomic E-state index is 2.61. The molecule has 0 saturated heterocycles. The van der Waals surface area contributed by atoms with Gasteiger partial charge in [-0.05, 0) is 54.3 Å². The molecule has 0 aromatic carbocycles. The van der Waals surface area contributed by atoms with Crippen LogP contribution < -0.4 is 0 Å². The van der Waals surface area contributed by atoms with E-state index in [2.05, 4.69) is 48.5 Å². The van der Waals surface area contributed by atoms with Crippen molar-refractivity contribution in [2.24, 2.45) is 28.6 Å². The highest BCUT2D eigenvalue weighted by Gasteiger charge is 2.53. The molecule has 0 aliphatic heterocycles. The average molecular weight is 295 g/mol. The second-order valence-electron chi connectivity index (χ2n) is 8.68. The second kappa shape index (κ2) is 8.02. The van der Waals surface area contributed by atoms with Crippen LogP contribution in [-0.4, -0.2) is 0 Å². The molecule has 1 saturated carbocycles. The Balaban J connectivity index is 3.06. The Bertz CT molecular complexity index is 290. The van der Waals surface area contributed by atoms with Crippen LogP contribution in [0.15, 0.2) is 0 Å². The Morgan fingerprint density at radius 1 is 1.10 bits per heavy atom. The molecule has 21 heavy (non-hydrogen) atoms. The normalized spacial score (nSPS) is 31.6. The summed E-state index contributed by atoms with van der Waals surface area (Å²) in [7, 11) is 0. The molecule has 4 unspecified atom stereocenters. The number of hydrogen-bond donors (Lipinski definition) is 0. The van der Waals surface area contributed by atoms with Crippen LogP contribution in [0.1, 0.15) is 106 Å². The summed E-state index contributed by atoms with van der Waals surface area (Å²) in [5.74, 6) is 2.83. The highest BCUT2D eigenvalue weighted by atomic mass is 14.6. The lowest BCUT2D eigenvalue weighted by Gasteiger charge is -2.50. The van der Waals surface area contributed by atoms with Crippen molar-refractivity contribution in [3.8, 4) is 0 Å². The maximum Gasteiger partial charge on any atom is -0.0215 e. The Morgan fingerprint density at radius 2 is 1.76 bits per heavy atom. The van der Waals surface area contributed by atoms with Crippen LogP contribution in [0.5, 0.6) is 0 Å². The monoisotopic (exact) mass is 294 g/mol. The van der Waals surface area contributed by atoms with Crippen LogP contribution >= 0.6 is 0 Å². The molecule has 0 aromatic heterocycles. The largest absolute Gasteiger partial charge is 0.0654 e. The lowest BCUT2D eigenvalue weighted by molar-refractivity contribution is -0.00915. The zero-order chi connectivity index (χ0) is 16.1. The lowest BCUT2D eigenvalue weighted by atomic mass is 9.54. The number of rotatable bonds is 9. The van der Waals surface area contributed by atoms with E-state index in [1.165, 1.54) is 57.8 Å². The molecule has 0 heteroatoms. The van der Waals surface area contributed by atoms with Gasteiger partial charge >= 0.3 is 0 Å². The van der Waals surface area contributed by atoms with Crippen LogP contribution in [0.3, 0.4) is 0 Å². The highest BCUT2D eigenvalue weighted by molar-refractivity contribution is 5.03. The second-order valence-corrected chi connectivity index (χ2v) is 8.68. The molecule has 0 heterocycles. The van der Waals surface area contributed by atoms with Crippen molar-refractivity contribution >= 4 is 0 Å². The van der Waals surface area contributed by atoms with Gasteiger partial charge in [0.1, 0.15) is 0 Å². The number of unbranched alkanes of at least 4 members (excludes halogenated alkanes) is 1. The van der Waals surface area contributed by atoms with E-state index in [9.17, 15) is 0 Å². The van der Waals surface area contributed by atoms with E-state index >= 15 is 0 Å². The summed E-state index contributed by atoms with van der Waals surface area (Å²) in [6, 6.07) is 0. The SMILES string of the molecule is CCCCC1(C(C)(C)CC(C)CC)CC(CC)CC1CC. The summed E-state index contributed by atoms with van der Waals surface area (Å²) >= 11 is 0. The zero-order valence-electron chi connectivity index (χ0n) is 16.1. The molecule has 1 aliphatic rings. The van der Waals surface area contributed by atoms with Gasteiger partial charge in [0.05, 0.1) is 0 Å². The van der Waals surface area contributed by atoms with Crippen LogP contribution in [0.4, 0.5) is 0 Å². The van der Waals surface area contributed by atoms with E-state index in [4.69, 9.17) is 0 Å². The summed E-state index contributed by atoms with van der Waals surface area (Å²) in [5, 5.41) is 0. The molecule has 0 N–H and O–H groups in total. The van der Waals surface area contributed by atoms with Gasteiger partial charge in [-0.2, -0.15) is 0 Å². The third-order valence-electron chi connectivity index (χ3n) is 7.00. The van der Waals surface area contributed by atoms with E-state index in [0.717, 1.165) is 17.8 Å². The molecule has 1 aliphatic carbocycles. The van der Waals surface area contributed by atoms with Crippen molar-refractivity contribution in [2.75, 3.05) is 0 Å². The summed E-state index contributed by atoms with van der Waals surface area (Å²) in [6.07, 6.45) is 12.8. The Hall–Kier alpha value is 0. The molecule has 4 atom stereocenters. The van der Waals surface area contributed by atoms with Crippen LogP contribution in [-0.2, 0) is 0 Å². The molecule has 1 rings (SSSR count). The van der Waals surface area contributed by atoms with Crippen LogP contribution in [0.2, 0.25) is 0 Å². The zero-order valence-corrected chi connectivity index (χ0v) is 16.1. The van der Waals surface area contributed by atoms with Crippen molar-refractivity contribution in [1.29, 1.82) is 0 Å². The minimum absolute atomic E-state index is 0.502. The minimum Gasteiger partial charge on any atom is -0.0654 e. The first-order valence-electron chi connectivity index (χ1n) is 9.86. The molecule has 0 spiro atoms. The van der Waals surface area contributed by atoms with Crippen molar-refractivity contribution in [3.63, 3.8) is 0 Å². The van der Waals surface area contributed by atoms with Gasteiger partial charge < -0.3 is 0 Å². The van der Waals surface area contributed by atoms with Crippen molar-refractivity contribution in [3.05, 3.63) is 0 Å². The van der Waals surface area contributed by atoms with Gasteiger partial charge in [-0.15, -0.1) is 0 Å². The fourth-order valence-electron chi connectivity index (χ4n) is 5.45. The number of hydrogen-bond acceptors (Lipinski definition) is 0. The van der Waals surface area contributed by atoms with Gasteiger partial charge in [0, 0.05) is 0 Å². The fourth-order valence-corrected chi connectivity index (χ4v) is 5.45. The summed E-state index contributed by atoms with van der Waals surface area (Å²) in [6.45, 7) is 17.3. The topological polar surface area (TPSA) is 0 Å². The maximum atomic E-state index is 2.61.